The summed E-state index contributed by atoms with van der Waals surface area (Å²) >= 11 is 6.16. The van der Waals surface area contributed by atoms with Gasteiger partial charge in [-0.15, -0.1) is 0 Å². The number of hydrogen-bond donors (Lipinski definition) is 1. The van der Waals surface area contributed by atoms with Gasteiger partial charge < -0.3 is 9.47 Å². The number of nitrogens with two attached hydrogens (primary N) is 1. The maximum atomic E-state index is 11.9. The quantitative estimate of drug-likeness (QED) is 0.639. The average Bonchev–Trinajstić information content (AvgIpc) is 3.10. The lowest BCUT2D eigenvalue weighted by Crippen LogP contribution is -2.17. The van der Waals surface area contributed by atoms with E-state index in [2.05, 4.69) is 15.0 Å². The number of nitrogens with zero attached hydrogens (tertiary/aromatic N) is 4. The van der Waals surface area contributed by atoms with Gasteiger partial charge in [-0.05, 0) is 49.1 Å². The summed E-state index contributed by atoms with van der Waals surface area (Å²) in [5.41, 5.74) is 1.89. The first kappa shape index (κ1) is 19.1. The fraction of sp³-hybridized carbons (Fsp3) is 0.353. The number of halogens is 1. The monoisotopic (exact) mass is 423 g/mol. The molecule has 2 N–H and O–H groups in total. The van der Waals surface area contributed by atoms with Gasteiger partial charge in [-0.3, -0.25) is 4.57 Å². The van der Waals surface area contributed by atoms with Gasteiger partial charge in [-0.1, -0.05) is 0 Å². The Bertz CT molecular complexity index is 1140. The van der Waals surface area contributed by atoms with E-state index in [1.165, 1.54) is 19.2 Å². The van der Waals surface area contributed by atoms with Crippen LogP contribution in [0.25, 0.3) is 22.4 Å². The number of primary sulfonamides is 1. The molecule has 1 aromatic carbocycles. The molecule has 0 saturated carbocycles. The summed E-state index contributed by atoms with van der Waals surface area (Å²) in [6, 6.07) is 4.57. The summed E-state index contributed by atoms with van der Waals surface area (Å²) in [5.74, 6) is 0.142. The minimum atomic E-state index is -4.00. The lowest BCUT2D eigenvalue weighted by atomic mass is 10.1. The first-order valence-corrected chi connectivity index (χ1v) is 10.5. The van der Waals surface area contributed by atoms with E-state index in [4.69, 9.17) is 26.2 Å². The molecular weight excluding hydrogens is 406 g/mol. The van der Waals surface area contributed by atoms with Gasteiger partial charge in [-0.2, -0.15) is 4.98 Å². The van der Waals surface area contributed by atoms with Gasteiger partial charge in [0, 0.05) is 12.2 Å². The molecule has 148 valence electrons. The number of fused-ring (bicyclic) bond motifs is 1. The second-order valence-corrected chi connectivity index (χ2v) is 8.27. The van der Waals surface area contributed by atoms with Gasteiger partial charge in [0.2, 0.25) is 15.3 Å². The summed E-state index contributed by atoms with van der Waals surface area (Å²) in [7, 11) is -2.63. The first-order chi connectivity index (χ1) is 13.4. The van der Waals surface area contributed by atoms with Gasteiger partial charge >= 0.3 is 0 Å². The molecule has 3 aromatic rings. The Morgan fingerprint density at radius 2 is 2.14 bits per heavy atom. The summed E-state index contributed by atoms with van der Waals surface area (Å²) in [4.78, 5) is 12.9. The van der Waals surface area contributed by atoms with E-state index in [1.54, 1.807) is 12.4 Å². The molecule has 0 radical (unpaired) electrons. The molecule has 1 saturated heterocycles. The number of benzene rings is 1. The smallest absolute Gasteiger partial charge is 0.241 e. The Labute approximate surface area is 166 Å². The maximum Gasteiger partial charge on any atom is 0.241 e. The number of imidazole rings is 1. The highest BCUT2D eigenvalue weighted by Crippen LogP contribution is 2.33. The zero-order valence-electron chi connectivity index (χ0n) is 15.0. The summed E-state index contributed by atoms with van der Waals surface area (Å²) < 4.78 is 36.6. The molecule has 4 rings (SSSR count). The summed E-state index contributed by atoms with van der Waals surface area (Å²) in [5, 5.41) is 5.34. The van der Waals surface area contributed by atoms with Crippen LogP contribution in [0.4, 0.5) is 0 Å². The number of hydrogen-bond acceptors (Lipinski definition) is 7. The number of aromatic nitrogens is 4. The molecule has 0 aliphatic carbocycles. The molecule has 1 unspecified atom stereocenters. The van der Waals surface area contributed by atoms with Crippen molar-refractivity contribution in [2.45, 2.75) is 30.4 Å². The van der Waals surface area contributed by atoms with Crippen LogP contribution in [0.3, 0.4) is 0 Å². The van der Waals surface area contributed by atoms with E-state index < -0.39 is 10.0 Å². The molecule has 2 aromatic heterocycles. The second kappa shape index (κ2) is 7.28. The third kappa shape index (κ3) is 3.44. The van der Waals surface area contributed by atoms with E-state index in [0.29, 0.717) is 29.0 Å². The van der Waals surface area contributed by atoms with E-state index >= 15 is 0 Å². The van der Waals surface area contributed by atoms with E-state index in [0.717, 1.165) is 19.3 Å². The maximum absolute atomic E-state index is 11.9. The predicted molar refractivity (Wildman–Crippen MR) is 103 cm³/mol. The highest BCUT2D eigenvalue weighted by atomic mass is 35.5. The lowest BCUT2D eigenvalue weighted by molar-refractivity contribution is -0.0298. The minimum Gasteiger partial charge on any atom is -0.495 e. The standard InChI is InChI=1S/C17H18ClN5O4S/c1-26-11-6-5-10(8-12(11)28(19,24)25)14-15-16(22-17(18)21-14)23(9-20-15)13-4-2-3-7-27-13/h5-6,8-9,13H,2-4,7H2,1H3,(H2,19,24,25). The highest BCUT2D eigenvalue weighted by molar-refractivity contribution is 7.89. The molecule has 28 heavy (non-hydrogen) atoms. The van der Waals surface area contributed by atoms with Crippen LogP contribution in [0.15, 0.2) is 29.4 Å². The highest BCUT2D eigenvalue weighted by Gasteiger charge is 2.23. The predicted octanol–water partition coefficient (Wildman–Crippen LogP) is 2.50. The Kier molecular flexibility index (Phi) is 4.96. The molecule has 0 amide bonds. The minimum absolute atomic E-state index is 0.0213. The van der Waals surface area contributed by atoms with Gasteiger partial charge in [0.05, 0.1) is 13.4 Å². The van der Waals surface area contributed by atoms with Crippen molar-refractivity contribution < 1.29 is 17.9 Å². The van der Waals surface area contributed by atoms with Crippen molar-refractivity contribution in [3.05, 3.63) is 29.8 Å². The van der Waals surface area contributed by atoms with Crippen molar-refractivity contribution in [3.8, 4) is 17.0 Å². The Morgan fingerprint density at radius 3 is 2.82 bits per heavy atom. The van der Waals surface area contributed by atoms with Crippen LogP contribution >= 0.6 is 11.6 Å². The van der Waals surface area contributed by atoms with Crippen LogP contribution in [0.2, 0.25) is 5.28 Å². The number of methoxy groups -OCH3 is 1. The zero-order valence-corrected chi connectivity index (χ0v) is 16.6. The summed E-state index contributed by atoms with van der Waals surface area (Å²) in [6.07, 6.45) is 4.38. The molecule has 1 atom stereocenters. The average molecular weight is 424 g/mol. The van der Waals surface area contributed by atoms with Crippen LogP contribution in [0.1, 0.15) is 25.5 Å². The van der Waals surface area contributed by atoms with E-state index in [1.807, 2.05) is 4.57 Å². The third-order valence-corrected chi connectivity index (χ3v) is 5.70. The van der Waals surface area contributed by atoms with Gasteiger partial charge in [0.1, 0.15) is 28.1 Å². The SMILES string of the molecule is COc1ccc(-c2nc(Cl)nc3c2ncn3C2CCCCO2)cc1S(N)(=O)=O. The van der Waals surface area contributed by atoms with Crippen LogP contribution in [-0.4, -0.2) is 41.7 Å². The van der Waals surface area contributed by atoms with Gasteiger partial charge in [0.15, 0.2) is 5.65 Å². The largest absolute Gasteiger partial charge is 0.495 e. The molecule has 9 nitrogen and oxygen atoms in total. The molecule has 0 spiro atoms. The normalized spacial score (nSPS) is 17.8. The fourth-order valence-corrected chi connectivity index (χ4v) is 4.18. The van der Waals surface area contributed by atoms with E-state index in [-0.39, 0.29) is 22.2 Å². The molecule has 3 heterocycles. The Balaban J connectivity index is 1.89. The number of sulfonamides is 1. The zero-order chi connectivity index (χ0) is 19.9. The van der Waals surface area contributed by atoms with Crippen molar-refractivity contribution in [2.75, 3.05) is 13.7 Å². The van der Waals surface area contributed by atoms with Crippen LogP contribution in [0.5, 0.6) is 5.75 Å². The van der Waals surface area contributed by atoms with Crippen molar-refractivity contribution in [1.29, 1.82) is 0 Å². The fourth-order valence-electron chi connectivity index (χ4n) is 3.29. The van der Waals surface area contributed by atoms with Crippen LogP contribution in [0, 0.1) is 0 Å². The Hall–Kier alpha value is -2.27. The molecule has 1 fully saturated rings. The van der Waals surface area contributed by atoms with Crippen molar-refractivity contribution in [2.24, 2.45) is 5.14 Å². The first-order valence-electron chi connectivity index (χ1n) is 8.61. The molecule has 1 aliphatic rings. The molecular formula is C17H18ClN5O4S. The van der Waals surface area contributed by atoms with Crippen molar-refractivity contribution >= 4 is 32.8 Å². The summed E-state index contributed by atoms with van der Waals surface area (Å²) in [6.45, 7) is 0.673. The van der Waals surface area contributed by atoms with Crippen LogP contribution < -0.4 is 9.88 Å². The van der Waals surface area contributed by atoms with Gasteiger partial charge in [0.25, 0.3) is 0 Å². The van der Waals surface area contributed by atoms with Gasteiger partial charge in [-0.25, -0.2) is 23.5 Å². The molecule has 11 heteroatoms. The van der Waals surface area contributed by atoms with Crippen molar-refractivity contribution in [1.82, 2.24) is 19.5 Å². The van der Waals surface area contributed by atoms with E-state index in [9.17, 15) is 8.42 Å². The third-order valence-electron chi connectivity index (χ3n) is 4.60. The van der Waals surface area contributed by atoms with Crippen LogP contribution in [-0.2, 0) is 14.8 Å². The molecule has 0 bridgehead atoms. The van der Waals surface area contributed by atoms with Crippen molar-refractivity contribution in [3.63, 3.8) is 0 Å². The topological polar surface area (TPSA) is 122 Å². The lowest BCUT2D eigenvalue weighted by Gasteiger charge is -2.23. The number of ether oxygens (including phenoxy) is 2. The number of rotatable bonds is 4. The Morgan fingerprint density at radius 1 is 1.32 bits per heavy atom. The second-order valence-electron chi connectivity index (χ2n) is 6.40. The molecule has 1 aliphatic heterocycles.